The fourth-order valence-corrected chi connectivity index (χ4v) is 6.05. The summed E-state index contributed by atoms with van der Waals surface area (Å²) in [7, 11) is -3.69. The SMILES string of the molecule is CCN(Cc1ccccc1)S(=O)(=O)c1ccc(C(=O)Nc2nc3ccc(Br)cc3s2)cc1. The molecule has 0 aliphatic heterocycles. The molecule has 32 heavy (non-hydrogen) atoms. The molecule has 9 heteroatoms. The number of anilines is 1. The molecular weight excluding hydrogens is 510 g/mol. The number of aromatic nitrogens is 1. The molecule has 1 amide bonds. The van der Waals surface area contributed by atoms with Crippen molar-refractivity contribution in [2.45, 2.75) is 18.4 Å². The first-order chi connectivity index (χ1) is 15.4. The molecule has 1 heterocycles. The Morgan fingerprint density at radius 2 is 1.78 bits per heavy atom. The molecule has 0 aliphatic rings. The van der Waals surface area contributed by atoms with Gasteiger partial charge >= 0.3 is 0 Å². The van der Waals surface area contributed by atoms with Gasteiger partial charge in [0.05, 0.1) is 15.1 Å². The second kappa shape index (κ2) is 9.50. The van der Waals surface area contributed by atoms with Gasteiger partial charge in [0.2, 0.25) is 10.0 Å². The van der Waals surface area contributed by atoms with Crippen LogP contribution in [0.25, 0.3) is 10.2 Å². The maximum atomic E-state index is 13.1. The van der Waals surface area contributed by atoms with E-state index < -0.39 is 10.0 Å². The van der Waals surface area contributed by atoms with E-state index in [-0.39, 0.29) is 17.3 Å². The minimum Gasteiger partial charge on any atom is -0.298 e. The van der Waals surface area contributed by atoms with Gasteiger partial charge in [0.25, 0.3) is 5.91 Å². The first-order valence-corrected chi connectivity index (χ1v) is 12.9. The zero-order valence-corrected chi connectivity index (χ0v) is 20.4. The van der Waals surface area contributed by atoms with Crippen molar-refractivity contribution in [3.63, 3.8) is 0 Å². The maximum absolute atomic E-state index is 13.1. The molecule has 4 rings (SSSR count). The van der Waals surface area contributed by atoms with Gasteiger partial charge in [-0.1, -0.05) is 64.5 Å². The van der Waals surface area contributed by atoms with E-state index in [1.165, 1.54) is 39.9 Å². The molecule has 0 spiro atoms. The maximum Gasteiger partial charge on any atom is 0.257 e. The number of hydrogen-bond donors (Lipinski definition) is 1. The fraction of sp³-hybridized carbons (Fsp3) is 0.130. The van der Waals surface area contributed by atoms with Crippen molar-refractivity contribution in [1.29, 1.82) is 0 Å². The Balaban J connectivity index is 1.50. The highest BCUT2D eigenvalue weighted by molar-refractivity contribution is 9.10. The number of carbonyl (C=O) groups is 1. The molecule has 0 unspecified atom stereocenters. The minimum atomic E-state index is -3.69. The predicted octanol–water partition coefficient (Wildman–Crippen LogP) is 5.52. The van der Waals surface area contributed by atoms with Gasteiger partial charge in [-0.05, 0) is 48.0 Å². The molecule has 1 aromatic heterocycles. The fourth-order valence-electron chi connectivity index (χ4n) is 3.20. The van der Waals surface area contributed by atoms with Gasteiger partial charge < -0.3 is 0 Å². The third-order valence-corrected chi connectivity index (χ3v) is 8.24. The number of fused-ring (bicyclic) bond motifs is 1. The topological polar surface area (TPSA) is 79.4 Å². The van der Waals surface area contributed by atoms with Crippen LogP contribution in [0.1, 0.15) is 22.8 Å². The van der Waals surface area contributed by atoms with Crippen LogP contribution < -0.4 is 5.32 Å². The van der Waals surface area contributed by atoms with Crippen LogP contribution in [0.3, 0.4) is 0 Å². The van der Waals surface area contributed by atoms with Crippen LogP contribution in [0.15, 0.2) is 82.2 Å². The molecule has 3 aromatic carbocycles. The highest BCUT2D eigenvalue weighted by atomic mass is 79.9. The number of thiazole rings is 1. The smallest absolute Gasteiger partial charge is 0.257 e. The van der Waals surface area contributed by atoms with E-state index in [4.69, 9.17) is 0 Å². The third kappa shape index (κ3) is 4.91. The molecule has 0 bridgehead atoms. The van der Waals surface area contributed by atoms with Crippen molar-refractivity contribution in [3.8, 4) is 0 Å². The normalized spacial score (nSPS) is 11.7. The number of amides is 1. The van der Waals surface area contributed by atoms with Crippen molar-refractivity contribution < 1.29 is 13.2 Å². The predicted molar refractivity (Wildman–Crippen MR) is 131 cm³/mol. The number of halogens is 1. The summed E-state index contributed by atoms with van der Waals surface area (Å²) in [6.45, 7) is 2.43. The van der Waals surface area contributed by atoms with Gasteiger partial charge in [-0.2, -0.15) is 4.31 Å². The van der Waals surface area contributed by atoms with Gasteiger partial charge in [-0.3, -0.25) is 10.1 Å². The largest absolute Gasteiger partial charge is 0.298 e. The Bertz CT molecular complexity index is 1350. The van der Waals surface area contributed by atoms with E-state index in [9.17, 15) is 13.2 Å². The van der Waals surface area contributed by atoms with E-state index >= 15 is 0 Å². The van der Waals surface area contributed by atoms with Crippen molar-refractivity contribution in [3.05, 3.63) is 88.4 Å². The average molecular weight is 530 g/mol. The van der Waals surface area contributed by atoms with Crippen LogP contribution >= 0.6 is 27.3 Å². The van der Waals surface area contributed by atoms with Crippen LogP contribution in [0, 0.1) is 0 Å². The third-order valence-electron chi connectivity index (χ3n) is 4.88. The monoisotopic (exact) mass is 529 g/mol. The average Bonchev–Trinajstić information content (AvgIpc) is 3.19. The Hall–Kier alpha value is -2.59. The van der Waals surface area contributed by atoms with Gasteiger partial charge in [-0.25, -0.2) is 13.4 Å². The number of benzene rings is 3. The number of nitrogens with zero attached hydrogens (tertiary/aromatic N) is 2. The number of hydrogen-bond acceptors (Lipinski definition) is 5. The summed E-state index contributed by atoms with van der Waals surface area (Å²) in [4.78, 5) is 17.2. The van der Waals surface area contributed by atoms with Gasteiger partial charge in [0.15, 0.2) is 5.13 Å². The molecule has 6 nitrogen and oxygen atoms in total. The van der Waals surface area contributed by atoms with Crippen molar-refractivity contribution in [2.24, 2.45) is 0 Å². The van der Waals surface area contributed by atoms with Crippen molar-refractivity contribution in [2.75, 3.05) is 11.9 Å². The summed E-state index contributed by atoms with van der Waals surface area (Å²) in [6, 6.07) is 21.1. The first-order valence-electron chi connectivity index (χ1n) is 9.88. The van der Waals surface area contributed by atoms with Crippen LogP contribution in [-0.4, -0.2) is 30.2 Å². The highest BCUT2D eigenvalue weighted by Crippen LogP contribution is 2.29. The zero-order chi connectivity index (χ0) is 22.7. The van der Waals surface area contributed by atoms with Crippen LogP contribution in [0.5, 0.6) is 0 Å². The standard InChI is InChI=1S/C23H20BrN3O3S2/c1-2-27(15-16-6-4-3-5-7-16)32(29,30)19-11-8-17(9-12-19)22(28)26-23-25-20-13-10-18(24)14-21(20)31-23/h3-14H,2,15H2,1H3,(H,25,26,28). The number of nitrogens with one attached hydrogen (secondary N) is 1. The highest BCUT2D eigenvalue weighted by Gasteiger charge is 2.23. The Kier molecular flexibility index (Phi) is 6.71. The van der Waals surface area contributed by atoms with Gasteiger partial charge in [0, 0.05) is 23.1 Å². The van der Waals surface area contributed by atoms with E-state index in [1.807, 2.05) is 48.5 Å². The lowest BCUT2D eigenvalue weighted by molar-refractivity contribution is 0.102. The summed E-state index contributed by atoms with van der Waals surface area (Å²) in [5.74, 6) is -0.344. The molecule has 164 valence electrons. The lowest BCUT2D eigenvalue weighted by atomic mass is 10.2. The lowest BCUT2D eigenvalue weighted by Gasteiger charge is -2.20. The van der Waals surface area contributed by atoms with E-state index in [2.05, 4.69) is 26.2 Å². The summed E-state index contributed by atoms with van der Waals surface area (Å²) in [5, 5.41) is 3.27. The molecule has 0 saturated heterocycles. The van der Waals surface area contributed by atoms with E-state index in [1.54, 1.807) is 6.92 Å². The first kappa shape index (κ1) is 22.6. The Morgan fingerprint density at radius 3 is 2.47 bits per heavy atom. The minimum absolute atomic E-state index is 0.150. The Labute approximate surface area is 199 Å². The number of rotatable bonds is 7. The molecule has 0 saturated carbocycles. The summed E-state index contributed by atoms with van der Waals surface area (Å²) < 4.78 is 29.5. The quantitative estimate of drug-likeness (QED) is 0.341. The van der Waals surface area contributed by atoms with Crippen LogP contribution in [-0.2, 0) is 16.6 Å². The Morgan fingerprint density at radius 1 is 1.06 bits per heavy atom. The molecule has 0 radical (unpaired) electrons. The number of carbonyl (C=O) groups excluding carboxylic acids is 1. The van der Waals surface area contributed by atoms with Crippen LogP contribution in [0.2, 0.25) is 0 Å². The molecule has 0 fully saturated rings. The van der Waals surface area contributed by atoms with E-state index in [0.717, 1.165) is 20.3 Å². The molecule has 0 atom stereocenters. The second-order valence-corrected chi connectivity index (χ2v) is 10.9. The molecule has 4 aromatic rings. The summed E-state index contributed by atoms with van der Waals surface area (Å²) in [5.41, 5.74) is 2.07. The van der Waals surface area contributed by atoms with Gasteiger partial charge in [-0.15, -0.1) is 0 Å². The number of sulfonamides is 1. The second-order valence-electron chi connectivity index (χ2n) is 7.03. The summed E-state index contributed by atoms with van der Waals surface area (Å²) >= 11 is 4.80. The molecule has 1 N–H and O–H groups in total. The van der Waals surface area contributed by atoms with Crippen molar-refractivity contribution >= 4 is 58.5 Å². The zero-order valence-electron chi connectivity index (χ0n) is 17.2. The summed E-state index contributed by atoms with van der Waals surface area (Å²) in [6.07, 6.45) is 0. The van der Waals surface area contributed by atoms with Gasteiger partial charge in [0.1, 0.15) is 0 Å². The van der Waals surface area contributed by atoms with Crippen LogP contribution in [0.4, 0.5) is 5.13 Å². The molecule has 0 aliphatic carbocycles. The molecular formula is C23H20BrN3O3S2. The van der Waals surface area contributed by atoms with E-state index in [0.29, 0.717) is 17.2 Å². The lowest BCUT2D eigenvalue weighted by Crippen LogP contribution is -2.30. The van der Waals surface area contributed by atoms with Crippen molar-refractivity contribution in [1.82, 2.24) is 9.29 Å².